The van der Waals surface area contributed by atoms with E-state index >= 15 is 0 Å². The first-order valence-corrected chi connectivity index (χ1v) is 1.85. The zero-order chi connectivity index (χ0) is 4.24. The predicted molar refractivity (Wildman–Crippen MR) is 42.5 cm³/mol. The molecule has 0 unspecified atom stereocenters. The quantitative estimate of drug-likeness (QED) is 0.560. The summed E-state index contributed by atoms with van der Waals surface area (Å²) < 4.78 is 0. The van der Waals surface area contributed by atoms with Gasteiger partial charge in [0.15, 0.2) is 0 Å². The van der Waals surface area contributed by atoms with E-state index in [1.807, 2.05) is 18.2 Å². The smallest absolute Gasteiger partial charge is 1.00 e. The standard InChI is InChI=1S/C5H5N.BrH.Mg.2H/c1-2-4-6-5-3-1;;;;/h1-5H;1H;;;/q;;+2;2*-1. The van der Waals surface area contributed by atoms with E-state index in [1.54, 1.807) is 12.4 Å². The zero-order valence-electron chi connectivity index (χ0n) is 6.45. The third-order valence-electron chi connectivity index (χ3n) is 0.566. The van der Waals surface area contributed by atoms with Crippen LogP contribution in [0.15, 0.2) is 30.6 Å². The molecule has 0 fully saturated rings. The van der Waals surface area contributed by atoms with Crippen LogP contribution in [0, 0.1) is 0 Å². The van der Waals surface area contributed by atoms with Gasteiger partial charge >= 0.3 is 23.1 Å². The number of rotatable bonds is 0. The van der Waals surface area contributed by atoms with Gasteiger partial charge in [0.1, 0.15) is 0 Å². The summed E-state index contributed by atoms with van der Waals surface area (Å²) >= 11 is 0. The first-order valence-electron chi connectivity index (χ1n) is 1.85. The largest absolute Gasteiger partial charge is 2.00 e. The van der Waals surface area contributed by atoms with Gasteiger partial charge in [-0.25, -0.2) is 0 Å². The minimum absolute atomic E-state index is 0. The van der Waals surface area contributed by atoms with Gasteiger partial charge in [0.25, 0.3) is 0 Å². The van der Waals surface area contributed by atoms with Gasteiger partial charge in [-0.3, -0.25) is 4.98 Å². The second-order valence-electron chi connectivity index (χ2n) is 1.02. The Morgan fingerprint density at radius 3 is 1.62 bits per heavy atom. The van der Waals surface area contributed by atoms with E-state index in [2.05, 4.69) is 4.98 Å². The van der Waals surface area contributed by atoms with Gasteiger partial charge in [0.2, 0.25) is 0 Å². The SMILES string of the molecule is Br.[H-].[H-].[Mg+2].c1ccncc1. The Kier molecular flexibility index (Phi) is 10.4. The molecule has 0 aliphatic rings. The summed E-state index contributed by atoms with van der Waals surface area (Å²) in [6, 6.07) is 5.72. The van der Waals surface area contributed by atoms with Crippen molar-refractivity contribution in [2.75, 3.05) is 0 Å². The molecule has 0 N–H and O–H groups in total. The van der Waals surface area contributed by atoms with Gasteiger partial charge in [-0.2, -0.15) is 0 Å². The summed E-state index contributed by atoms with van der Waals surface area (Å²) in [5.41, 5.74) is 0. The number of aromatic nitrogens is 1. The van der Waals surface area contributed by atoms with Crippen LogP contribution in [0.5, 0.6) is 0 Å². The fourth-order valence-electron chi connectivity index (χ4n) is 0.313. The molecule has 1 rings (SSSR count). The Labute approximate surface area is 78.4 Å². The Balaban J connectivity index is -0.0000000450. The summed E-state index contributed by atoms with van der Waals surface area (Å²) in [6.45, 7) is 0. The van der Waals surface area contributed by atoms with Crippen molar-refractivity contribution in [3.05, 3.63) is 30.6 Å². The fourth-order valence-corrected chi connectivity index (χ4v) is 0.313. The molecule has 8 heavy (non-hydrogen) atoms. The van der Waals surface area contributed by atoms with Crippen molar-refractivity contribution in [2.24, 2.45) is 0 Å². The van der Waals surface area contributed by atoms with Crippen LogP contribution in [0.2, 0.25) is 0 Å². The van der Waals surface area contributed by atoms with Crippen LogP contribution in [-0.2, 0) is 0 Å². The molecule has 0 spiro atoms. The third kappa shape index (κ3) is 4.55. The maximum Gasteiger partial charge on any atom is 2.00 e. The van der Waals surface area contributed by atoms with Crippen LogP contribution >= 0.6 is 17.0 Å². The average Bonchev–Trinajstić information content (AvgIpc) is 1.72. The van der Waals surface area contributed by atoms with E-state index in [-0.39, 0.29) is 42.9 Å². The van der Waals surface area contributed by atoms with Crippen molar-refractivity contribution in [1.82, 2.24) is 4.98 Å². The molecule has 0 aliphatic heterocycles. The first-order chi connectivity index (χ1) is 3.00. The topological polar surface area (TPSA) is 12.9 Å². The van der Waals surface area contributed by atoms with E-state index in [0.717, 1.165) is 0 Å². The zero-order valence-corrected chi connectivity index (χ0v) is 7.58. The van der Waals surface area contributed by atoms with Crippen molar-refractivity contribution in [3.8, 4) is 0 Å². The first kappa shape index (κ1) is 11.2. The van der Waals surface area contributed by atoms with Crippen molar-refractivity contribution in [1.29, 1.82) is 0 Å². The minimum atomic E-state index is 0. The number of pyridine rings is 1. The summed E-state index contributed by atoms with van der Waals surface area (Å²) in [5.74, 6) is 0. The molecule has 1 aromatic rings. The van der Waals surface area contributed by atoms with Gasteiger partial charge in [0, 0.05) is 12.4 Å². The molecular formula is C5H8BrMgN. The maximum atomic E-state index is 3.78. The summed E-state index contributed by atoms with van der Waals surface area (Å²) in [4.78, 5) is 3.78. The van der Waals surface area contributed by atoms with Gasteiger partial charge < -0.3 is 2.85 Å². The van der Waals surface area contributed by atoms with Gasteiger partial charge in [-0.05, 0) is 12.1 Å². The van der Waals surface area contributed by atoms with Gasteiger partial charge in [0.05, 0.1) is 0 Å². The third-order valence-corrected chi connectivity index (χ3v) is 0.566. The summed E-state index contributed by atoms with van der Waals surface area (Å²) in [7, 11) is 0. The maximum absolute atomic E-state index is 3.78. The number of hydrogen-bond acceptors (Lipinski definition) is 1. The van der Waals surface area contributed by atoms with Crippen LogP contribution in [0.3, 0.4) is 0 Å². The van der Waals surface area contributed by atoms with Crippen molar-refractivity contribution in [2.45, 2.75) is 0 Å². The number of halogens is 1. The van der Waals surface area contributed by atoms with E-state index in [9.17, 15) is 0 Å². The van der Waals surface area contributed by atoms with Gasteiger partial charge in [-0.15, -0.1) is 17.0 Å². The Hall–Kier alpha value is 0.396. The summed E-state index contributed by atoms with van der Waals surface area (Å²) in [5, 5.41) is 0. The Morgan fingerprint density at radius 2 is 1.50 bits per heavy atom. The van der Waals surface area contributed by atoms with Crippen LogP contribution in [0.25, 0.3) is 0 Å². The average molecular weight is 186 g/mol. The molecule has 42 valence electrons. The predicted octanol–water partition coefficient (Wildman–Crippen LogP) is 1.50. The molecule has 1 aromatic heterocycles. The van der Waals surface area contributed by atoms with E-state index in [0.29, 0.717) is 0 Å². The summed E-state index contributed by atoms with van der Waals surface area (Å²) in [6.07, 6.45) is 3.50. The van der Waals surface area contributed by atoms with E-state index in [1.165, 1.54) is 0 Å². The molecule has 3 heteroatoms. The molecule has 0 saturated carbocycles. The molecule has 0 radical (unpaired) electrons. The van der Waals surface area contributed by atoms with Crippen LogP contribution in [-0.4, -0.2) is 28.0 Å². The van der Waals surface area contributed by atoms with E-state index in [4.69, 9.17) is 0 Å². The molecule has 0 bridgehead atoms. The van der Waals surface area contributed by atoms with Crippen LogP contribution in [0.1, 0.15) is 2.85 Å². The van der Waals surface area contributed by atoms with Gasteiger partial charge in [-0.1, -0.05) is 6.07 Å². The molecule has 0 amide bonds. The Bertz CT molecular complexity index is 91.6. The second kappa shape index (κ2) is 7.40. The number of hydrogen-bond donors (Lipinski definition) is 0. The van der Waals surface area contributed by atoms with Crippen molar-refractivity contribution in [3.63, 3.8) is 0 Å². The molecule has 0 aliphatic carbocycles. The van der Waals surface area contributed by atoms with Crippen molar-refractivity contribution >= 4 is 40.0 Å². The van der Waals surface area contributed by atoms with Crippen LogP contribution < -0.4 is 0 Å². The molecule has 1 heterocycles. The van der Waals surface area contributed by atoms with E-state index < -0.39 is 0 Å². The molecule has 0 atom stereocenters. The Morgan fingerprint density at radius 1 is 1.00 bits per heavy atom. The minimum Gasteiger partial charge on any atom is -1.00 e. The second-order valence-corrected chi connectivity index (χ2v) is 1.02. The molecule has 1 nitrogen and oxygen atoms in total. The molecular weight excluding hydrogens is 178 g/mol. The van der Waals surface area contributed by atoms with Crippen LogP contribution in [0.4, 0.5) is 0 Å². The van der Waals surface area contributed by atoms with Crippen molar-refractivity contribution < 1.29 is 2.85 Å². The molecule has 0 saturated heterocycles. The fraction of sp³-hybridized carbons (Fsp3) is 0. The monoisotopic (exact) mass is 185 g/mol. The normalized spacial score (nSPS) is 6.00. The number of nitrogens with zero attached hydrogens (tertiary/aromatic N) is 1. The molecule has 0 aromatic carbocycles.